The lowest BCUT2D eigenvalue weighted by molar-refractivity contribution is 1.02. The predicted molar refractivity (Wildman–Crippen MR) is 87.1 cm³/mol. The summed E-state index contributed by atoms with van der Waals surface area (Å²) in [5.41, 5.74) is 2.59. The predicted octanol–water partition coefficient (Wildman–Crippen LogP) is 3.61. The fourth-order valence-electron chi connectivity index (χ4n) is 2.09. The zero-order valence-corrected chi connectivity index (χ0v) is 11.9. The topological polar surface area (TPSA) is 64.5 Å². The SMILES string of the molecule is N#C[C@H](C(=S)Nc1ccccc1)c1nc2ccccc2[nH]1. The average molecular weight is 292 g/mol. The van der Waals surface area contributed by atoms with Crippen molar-refractivity contribution < 1.29 is 0 Å². The summed E-state index contributed by atoms with van der Waals surface area (Å²) < 4.78 is 0. The van der Waals surface area contributed by atoms with E-state index in [2.05, 4.69) is 21.4 Å². The Labute approximate surface area is 127 Å². The molecule has 0 unspecified atom stereocenters. The third-order valence-corrected chi connectivity index (χ3v) is 3.45. The highest BCUT2D eigenvalue weighted by Gasteiger charge is 2.20. The summed E-state index contributed by atoms with van der Waals surface area (Å²) in [6, 6.07) is 19.4. The first-order valence-electron chi connectivity index (χ1n) is 6.48. The lowest BCUT2D eigenvalue weighted by atomic mass is 10.1. The number of nitrogens with zero attached hydrogens (tertiary/aromatic N) is 2. The van der Waals surface area contributed by atoms with Crippen LogP contribution in [0.25, 0.3) is 11.0 Å². The fourth-order valence-corrected chi connectivity index (χ4v) is 2.37. The van der Waals surface area contributed by atoms with Crippen molar-refractivity contribution in [3.05, 3.63) is 60.4 Å². The molecule has 0 saturated heterocycles. The number of benzene rings is 2. The second-order valence-corrected chi connectivity index (χ2v) is 5.00. The molecular weight excluding hydrogens is 280 g/mol. The molecule has 1 aromatic heterocycles. The largest absolute Gasteiger partial charge is 0.349 e. The standard InChI is InChI=1S/C16H12N4S/c17-10-12(16(21)18-11-6-2-1-3-7-11)15-19-13-8-4-5-9-14(13)20-15/h1-9,12H,(H,18,21)(H,19,20)/t12-/m0/s1. The molecule has 2 aromatic carbocycles. The Bertz CT molecular complexity index is 784. The van der Waals surface area contributed by atoms with Crippen LogP contribution < -0.4 is 5.32 Å². The lowest BCUT2D eigenvalue weighted by Gasteiger charge is -2.11. The molecule has 0 aliphatic rings. The number of anilines is 1. The lowest BCUT2D eigenvalue weighted by Crippen LogP contribution is -2.18. The molecule has 0 radical (unpaired) electrons. The van der Waals surface area contributed by atoms with E-state index in [1.165, 1.54) is 0 Å². The molecule has 4 nitrogen and oxygen atoms in total. The minimum absolute atomic E-state index is 0.433. The number of H-pyrrole nitrogens is 1. The molecule has 21 heavy (non-hydrogen) atoms. The number of aromatic amines is 1. The molecule has 0 amide bonds. The highest BCUT2D eigenvalue weighted by atomic mass is 32.1. The van der Waals surface area contributed by atoms with Crippen molar-refractivity contribution in [1.29, 1.82) is 5.26 Å². The minimum Gasteiger partial charge on any atom is -0.349 e. The van der Waals surface area contributed by atoms with Crippen molar-refractivity contribution in [2.75, 3.05) is 5.32 Å². The van der Waals surface area contributed by atoms with Gasteiger partial charge in [0.1, 0.15) is 10.8 Å². The molecule has 0 saturated carbocycles. The van der Waals surface area contributed by atoms with Gasteiger partial charge in [0.2, 0.25) is 0 Å². The summed E-state index contributed by atoms with van der Waals surface area (Å²) in [5.74, 6) is -0.0419. The highest BCUT2D eigenvalue weighted by Crippen LogP contribution is 2.20. The summed E-state index contributed by atoms with van der Waals surface area (Å²) >= 11 is 5.35. The summed E-state index contributed by atoms with van der Waals surface area (Å²) in [4.78, 5) is 8.03. The Balaban J connectivity index is 1.87. The Hall–Kier alpha value is -2.71. The van der Waals surface area contributed by atoms with Crippen LogP contribution in [0.3, 0.4) is 0 Å². The molecule has 3 rings (SSSR count). The van der Waals surface area contributed by atoms with Crippen LogP contribution in [0.2, 0.25) is 0 Å². The molecule has 0 fully saturated rings. The van der Waals surface area contributed by atoms with Gasteiger partial charge >= 0.3 is 0 Å². The van der Waals surface area contributed by atoms with Crippen LogP contribution >= 0.6 is 12.2 Å². The number of nitriles is 1. The highest BCUT2D eigenvalue weighted by molar-refractivity contribution is 7.80. The van der Waals surface area contributed by atoms with E-state index >= 15 is 0 Å². The average Bonchev–Trinajstić information content (AvgIpc) is 2.92. The molecular formula is C16H12N4S. The van der Waals surface area contributed by atoms with Crippen LogP contribution in [0.15, 0.2) is 54.6 Å². The van der Waals surface area contributed by atoms with Crippen LogP contribution in [0.5, 0.6) is 0 Å². The van der Waals surface area contributed by atoms with E-state index in [0.29, 0.717) is 10.8 Å². The van der Waals surface area contributed by atoms with Crippen LogP contribution in [0.4, 0.5) is 5.69 Å². The van der Waals surface area contributed by atoms with E-state index < -0.39 is 5.92 Å². The van der Waals surface area contributed by atoms with Crippen LogP contribution in [0, 0.1) is 11.3 Å². The summed E-state index contributed by atoms with van der Waals surface area (Å²) in [5, 5.41) is 12.5. The van der Waals surface area contributed by atoms with E-state index in [-0.39, 0.29) is 0 Å². The maximum Gasteiger partial charge on any atom is 0.154 e. The number of hydrogen-bond donors (Lipinski definition) is 2. The van der Waals surface area contributed by atoms with Gasteiger partial charge in [-0.05, 0) is 24.3 Å². The second kappa shape index (κ2) is 5.73. The first kappa shape index (κ1) is 13.3. The monoisotopic (exact) mass is 292 g/mol. The molecule has 2 N–H and O–H groups in total. The molecule has 1 atom stereocenters. The number of hydrogen-bond acceptors (Lipinski definition) is 3. The van der Waals surface area contributed by atoms with E-state index in [1.54, 1.807) is 0 Å². The Morgan fingerprint density at radius 2 is 1.86 bits per heavy atom. The minimum atomic E-state index is -0.604. The molecule has 5 heteroatoms. The number of aromatic nitrogens is 2. The summed E-state index contributed by atoms with van der Waals surface area (Å²) in [7, 11) is 0. The molecule has 0 spiro atoms. The van der Waals surface area contributed by atoms with Crippen molar-refractivity contribution in [3.8, 4) is 6.07 Å². The van der Waals surface area contributed by atoms with Crippen LogP contribution in [0.1, 0.15) is 11.7 Å². The van der Waals surface area contributed by atoms with Crippen molar-refractivity contribution >= 4 is 33.9 Å². The fraction of sp³-hybridized carbons (Fsp3) is 0.0625. The van der Waals surface area contributed by atoms with Crippen LogP contribution in [-0.2, 0) is 0 Å². The number of imidazole rings is 1. The number of thiocarbonyl (C=S) groups is 1. The van der Waals surface area contributed by atoms with Gasteiger partial charge in [0.15, 0.2) is 5.92 Å². The van der Waals surface area contributed by atoms with Gasteiger partial charge in [0.25, 0.3) is 0 Å². The van der Waals surface area contributed by atoms with Crippen molar-refractivity contribution in [2.45, 2.75) is 5.92 Å². The molecule has 0 aliphatic heterocycles. The third kappa shape index (κ3) is 2.76. The third-order valence-electron chi connectivity index (χ3n) is 3.11. The Morgan fingerprint density at radius 1 is 1.14 bits per heavy atom. The van der Waals surface area contributed by atoms with E-state index in [4.69, 9.17) is 12.2 Å². The molecule has 0 bridgehead atoms. The maximum absolute atomic E-state index is 9.42. The number of fused-ring (bicyclic) bond motifs is 1. The van der Waals surface area contributed by atoms with Gasteiger partial charge in [-0.2, -0.15) is 5.26 Å². The van der Waals surface area contributed by atoms with E-state index in [1.807, 2.05) is 54.6 Å². The summed E-state index contributed by atoms with van der Waals surface area (Å²) in [6.45, 7) is 0. The number of para-hydroxylation sites is 3. The van der Waals surface area contributed by atoms with E-state index in [0.717, 1.165) is 16.7 Å². The maximum atomic E-state index is 9.42. The van der Waals surface area contributed by atoms with E-state index in [9.17, 15) is 5.26 Å². The molecule has 3 aromatic rings. The second-order valence-electron chi connectivity index (χ2n) is 4.56. The van der Waals surface area contributed by atoms with Crippen molar-refractivity contribution in [1.82, 2.24) is 9.97 Å². The van der Waals surface area contributed by atoms with Gasteiger partial charge < -0.3 is 10.3 Å². The van der Waals surface area contributed by atoms with Gasteiger partial charge in [0, 0.05) is 5.69 Å². The smallest absolute Gasteiger partial charge is 0.154 e. The normalized spacial score (nSPS) is 11.8. The van der Waals surface area contributed by atoms with Gasteiger partial charge in [-0.3, -0.25) is 0 Å². The first-order chi connectivity index (χ1) is 10.3. The van der Waals surface area contributed by atoms with Gasteiger partial charge in [-0.25, -0.2) is 4.98 Å². The zero-order chi connectivity index (χ0) is 14.7. The first-order valence-corrected chi connectivity index (χ1v) is 6.89. The van der Waals surface area contributed by atoms with Crippen molar-refractivity contribution in [2.24, 2.45) is 0 Å². The molecule has 1 heterocycles. The van der Waals surface area contributed by atoms with Crippen molar-refractivity contribution in [3.63, 3.8) is 0 Å². The van der Waals surface area contributed by atoms with Gasteiger partial charge in [-0.1, -0.05) is 42.5 Å². The molecule has 102 valence electrons. The van der Waals surface area contributed by atoms with Crippen LogP contribution in [-0.4, -0.2) is 15.0 Å². The number of rotatable bonds is 3. The quantitative estimate of drug-likeness (QED) is 0.724. The number of nitrogens with one attached hydrogen (secondary N) is 2. The summed E-state index contributed by atoms with van der Waals surface area (Å²) in [6.07, 6.45) is 0. The Morgan fingerprint density at radius 3 is 2.57 bits per heavy atom. The van der Waals surface area contributed by atoms with Gasteiger partial charge in [0.05, 0.1) is 17.1 Å². The molecule has 0 aliphatic carbocycles. The van der Waals surface area contributed by atoms with Gasteiger partial charge in [-0.15, -0.1) is 0 Å². The zero-order valence-electron chi connectivity index (χ0n) is 11.1. The Kier molecular flexibility index (Phi) is 3.63.